The quantitative estimate of drug-likeness (QED) is 0.716. The van der Waals surface area contributed by atoms with Crippen molar-refractivity contribution in [3.8, 4) is 0 Å². The number of benzene rings is 1. The van der Waals surface area contributed by atoms with Crippen molar-refractivity contribution in [3.05, 3.63) is 45.8 Å². The molecule has 0 unspecified atom stereocenters. The van der Waals surface area contributed by atoms with Crippen LogP contribution in [0, 0.1) is 11.7 Å². The lowest BCUT2D eigenvalue weighted by Crippen LogP contribution is -2.32. The molecule has 1 amide bonds. The first-order valence-electron chi connectivity index (χ1n) is 9.57. The molecular weight excluding hydrogens is 389 g/mol. The van der Waals surface area contributed by atoms with Gasteiger partial charge in [0.2, 0.25) is 5.91 Å². The van der Waals surface area contributed by atoms with Gasteiger partial charge in [-0.15, -0.1) is 11.3 Å². The van der Waals surface area contributed by atoms with Gasteiger partial charge in [-0.3, -0.25) is 9.79 Å². The first-order valence-corrected chi connectivity index (χ1v) is 10.4. The van der Waals surface area contributed by atoms with Crippen LogP contribution in [0.25, 0.3) is 10.2 Å². The number of hydrogen-bond donors (Lipinski definition) is 1. The van der Waals surface area contributed by atoms with Crippen molar-refractivity contribution in [1.82, 2.24) is 14.9 Å². The zero-order valence-corrected chi connectivity index (χ0v) is 17.0. The zero-order valence-electron chi connectivity index (χ0n) is 16.2. The molecule has 0 saturated carbocycles. The van der Waals surface area contributed by atoms with Crippen LogP contribution >= 0.6 is 11.3 Å². The van der Waals surface area contributed by atoms with Crippen LogP contribution in [0.4, 0.5) is 15.9 Å². The Morgan fingerprint density at radius 2 is 2.17 bits per heavy atom. The van der Waals surface area contributed by atoms with Gasteiger partial charge in [0, 0.05) is 31.1 Å². The minimum atomic E-state index is -0.318. The van der Waals surface area contributed by atoms with Crippen LogP contribution in [-0.2, 0) is 24.2 Å². The number of rotatable bonds is 3. The molecule has 0 saturated heterocycles. The second-order valence-corrected chi connectivity index (χ2v) is 8.79. The van der Waals surface area contributed by atoms with Crippen LogP contribution < -0.4 is 5.32 Å². The Kier molecular flexibility index (Phi) is 4.31. The summed E-state index contributed by atoms with van der Waals surface area (Å²) in [7, 11) is 3.60. The van der Waals surface area contributed by atoms with Crippen molar-refractivity contribution >= 4 is 45.2 Å². The van der Waals surface area contributed by atoms with E-state index in [1.807, 2.05) is 0 Å². The first-order chi connectivity index (χ1) is 14.0. The summed E-state index contributed by atoms with van der Waals surface area (Å²) in [6.07, 6.45) is 5.58. The Bertz CT molecular complexity index is 1170. The third-order valence-electron chi connectivity index (χ3n) is 5.61. The Balaban J connectivity index is 1.52. The van der Waals surface area contributed by atoms with E-state index in [-0.39, 0.29) is 17.6 Å². The summed E-state index contributed by atoms with van der Waals surface area (Å²) in [4.78, 5) is 29.1. The Morgan fingerprint density at radius 3 is 3.00 bits per heavy atom. The van der Waals surface area contributed by atoms with Gasteiger partial charge in [-0.2, -0.15) is 0 Å². The standard InChI is InChI=1S/C21H20FN5OS/c1-27(2)21(28)11-3-4-14-17(7-11)29-20-18(14)19(24-10-25-20)26-16-6-13-9-23-8-12(13)5-15(16)22/h5-6,9-11H,3-4,7-8H2,1-2H3,(H,24,25,26)/t11-/m0/s1. The van der Waals surface area contributed by atoms with Gasteiger partial charge in [0.1, 0.15) is 22.8 Å². The van der Waals surface area contributed by atoms with Gasteiger partial charge in [0.05, 0.1) is 17.6 Å². The molecule has 6 nitrogen and oxygen atoms in total. The number of carbonyl (C=O) groups is 1. The number of amides is 1. The van der Waals surface area contributed by atoms with Gasteiger partial charge in [-0.1, -0.05) is 0 Å². The highest BCUT2D eigenvalue weighted by Gasteiger charge is 2.30. The second-order valence-electron chi connectivity index (χ2n) is 7.70. The number of nitrogens with one attached hydrogen (secondary N) is 1. The van der Waals surface area contributed by atoms with Crippen LogP contribution in [0.5, 0.6) is 0 Å². The summed E-state index contributed by atoms with van der Waals surface area (Å²) in [6, 6.07) is 3.31. The molecule has 1 atom stereocenters. The molecule has 1 aliphatic heterocycles. The van der Waals surface area contributed by atoms with Gasteiger partial charge < -0.3 is 10.2 Å². The van der Waals surface area contributed by atoms with Crippen LogP contribution in [0.1, 0.15) is 28.0 Å². The maximum absolute atomic E-state index is 14.6. The van der Waals surface area contributed by atoms with Gasteiger partial charge in [-0.25, -0.2) is 14.4 Å². The van der Waals surface area contributed by atoms with Crippen molar-refractivity contribution in [1.29, 1.82) is 0 Å². The maximum atomic E-state index is 14.6. The molecule has 2 aliphatic rings. The van der Waals surface area contributed by atoms with Crippen molar-refractivity contribution in [2.24, 2.45) is 10.9 Å². The molecule has 1 aliphatic carbocycles. The van der Waals surface area contributed by atoms with E-state index in [0.717, 1.165) is 40.6 Å². The third-order valence-corrected chi connectivity index (χ3v) is 6.77. The van der Waals surface area contributed by atoms with Crippen molar-refractivity contribution in [3.63, 3.8) is 0 Å². The highest BCUT2D eigenvalue weighted by Crippen LogP contribution is 2.41. The van der Waals surface area contributed by atoms with E-state index in [2.05, 4.69) is 20.3 Å². The smallest absolute Gasteiger partial charge is 0.225 e. The molecule has 5 rings (SSSR count). The van der Waals surface area contributed by atoms with Crippen LogP contribution in [0.2, 0.25) is 0 Å². The minimum Gasteiger partial charge on any atom is -0.349 e. The summed E-state index contributed by atoms with van der Waals surface area (Å²) in [5.41, 5.74) is 3.38. The molecule has 3 aromatic rings. The van der Waals surface area contributed by atoms with Crippen molar-refractivity contribution in [2.75, 3.05) is 19.4 Å². The van der Waals surface area contributed by atoms with Crippen molar-refractivity contribution in [2.45, 2.75) is 25.8 Å². The van der Waals surface area contributed by atoms with Crippen LogP contribution in [0.3, 0.4) is 0 Å². The molecule has 148 valence electrons. The SMILES string of the molecule is CN(C)C(=O)[C@H]1CCc2c(sc3ncnc(Nc4cc5c(cc4F)CN=C5)c23)C1. The number of thiophene rings is 1. The third kappa shape index (κ3) is 3.07. The van der Waals surface area contributed by atoms with Crippen LogP contribution in [0.15, 0.2) is 23.5 Å². The van der Waals surface area contributed by atoms with E-state index in [9.17, 15) is 9.18 Å². The molecule has 1 aromatic carbocycles. The molecule has 0 radical (unpaired) electrons. The largest absolute Gasteiger partial charge is 0.349 e. The zero-order chi connectivity index (χ0) is 20.1. The number of carbonyl (C=O) groups excluding carboxylic acids is 1. The van der Waals surface area contributed by atoms with E-state index in [1.165, 1.54) is 22.8 Å². The number of halogens is 1. The molecule has 2 aromatic heterocycles. The number of hydrogen-bond acceptors (Lipinski definition) is 6. The van der Waals surface area contributed by atoms with Crippen molar-refractivity contribution < 1.29 is 9.18 Å². The maximum Gasteiger partial charge on any atom is 0.225 e. The summed E-state index contributed by atoms with van der Waals surface area (Å²) >= 11 is 1.60. The number of fused-ring (bicyclic) bond motifs is 4. The summed E-state index contributed by atoms with van der Waals surface area (Å²) in [6.45, 7) is 0.523. The highest BCUT2D eigenvalue weighted by atomic mass is 32.1. The van der Waals surface area contributed by atoms with Gasteiger partial charge in [-0.05, 0) is 48.1 Å². The average molecular weight is 409 g/mol. The number of aliphatic imine (C=N–C) groups is 1. The Labute approximate surface area is 171 Å². The Morgan fingerprint density at radius 1 is 1.31 bits per heavy atom. The molecule has 0 spiro atoms. The molecule has 0 fully saturated rings. The first kappa shape index (κ1) is 18.2. The second kappa shape index (κ2) is 6.88. The van der Waals surface area contributed by atoms with Gasteiger partial charge in [0.25, 0.3) is 0 Å². The molecular formula is C21H20FN5OS. The van der Waals surface area contributed by atoms with Crippen LogP contribution in [-0.4, -0.2) is 41.1 Å². The monoisotopic (exact) mass is 409 g/mol. The average Bonchev–Trinajstić information content (AvgIpc) is 3.30. The lowest BCUT2D eigenvalue weighted by molar-refractivity contribution is -0.133. The molecule has 3 heterocycles. The minimum absolute atomic E-state index is 0.00312. The number of nitrogens with zero attached hydrogens (tertiary/aromatic N) is 4. The van der Waals surface area contributed by atoms with Gasteiger partial charge >= 0.3 is 0 Å². The molecule has 1 N–H and O–H groups in total. The molecule has 0 bridgehead atoms. The van der Waals surface area contributed by atoms with E-state index >= 15 is 0 Å². The number of aryl methyl sites for hydroxylation is 1. The fraction of sp³-hybridized carbons (Fsp3) is 0.333. The fourth-order valence-electron chi connectivity index (χ4n) is 4.13. The van der Waals surface area contributed by atoms with E-state index < -0.39 is 0 Å². The van der Waals surface area contributed by atoms with E-state index in [0.29, 0.717) is 18.1 Å². The fourth-order valence-corrected chi connectivity index (χ4v) is 5.40. The summed E-state index contributed by atoms with van der Waals surface area (Å²) in [5.74, 6) is 0.461. The van der Waals surface area contributed by atoms with E-state index in [4.69, 9.17) is 0 Å². The summed E-state index contributed by atoms with van der Waals surface area (Å²) < 4.78 is 14.6. The summed E-state index contributed by atoms with van der Waals surface area (Å²) in [5, 5.41) is 4.12. The van der Waals surface area contributed by atoms with E-state index in [1.54, 1.807) is 42.6 Å². The topological polar surface area (TPSA) is 70.5 Å². The lowest BCUT2D eigenvalue weighted by Gasteiger charge is -2.24. The number of aromatic nitrogens is 2. The lowest BCUT2D eigenvalue weighted by atomic mass is 9.87. The highest BCUT2D eigenvalue weighted by molar-refractivity contribution is 7.19. The molecule has 29 heavy (non-hydrogen) atoms. The predicted octanol–water partition coefficient (Wildman–Crippen LogP) is 3.70. The molecule has 8 heteroatoms. The number of anilines is 2. The normalized spacial score (nSPS) is 17.3. The Hall–Kier alpha value is -2.87. The predicted molar refractivity (Wildman–Crippen MR) is 113 cm³/mol. The van der Waals surface area contributed by atoms with Gasteiger partial charge in [0.15, 0.2) is 0 Å².